The zero-order valence-corrected chi connectivity index (χ0v) is 22.9. The second-order valence-corrected chi connectivity index (χ2v) is 10.8. The highest BCUT2D eigenvalue weighted by Crippen LogP contribution is 2.43. The zero-order chi connectivity index (χ0) is 27.6. The standard InChI is InChI=1S/C30H31NO6S/c1-17(2)16-36-30(35)20-8-11-22(12-9-20)31-26(24-7-6-14-38-24)25(28(33)29(31)34)27(32)21-10-13-23(19(5)15-21)37-18(3)4/h6-15,17-18,26,32H,16H2,1-5H3/b27-25-. The normalized spacial score (nSPS) is 16.9. The Morgan fingerprint density at radius 1 is 1.03 bits per heavy atom. The van der Waals surface area contributed by atoms with Crippen molar-refractivity contribution in [3.8, 4) is 5.75 Å². The third-order valence-electron chi connectivity index (χ3n) is 6.00. The van der Waals surface area contributed by atoms with Gasteiger partial charge in [-0.15, -0.1) is 11.3 Å². The minimum atomic E-state index is -0.819. The first-order chi connectivity index (χ1) is 18.1. The fraction of sp³-hybridized carbons (Fsp3) is 0.300. The summed E-state index contributed by atoms with van der Waals surface area (Å²) in [6.07, 6.45) is -0.0132. The van der Waals surface area contributed by atoms with Gasteiger partial charge in [0.15, 0.2) is 0 Å². The molecule has 2 aromatic carbocycles. The molecular weight excluding hydrogens is 502 g/mol. The van der Waals surface area contributed by atoms with Gasteiger partial charge < -0.3 is 14.6 Å². The minimum absolute atomic E-state index is 0.00907. The van der Waals surface area contributed by atoms with Crippen molar-refractivity contribution in [3.63, 3.8) is 0 Å². The first-order valence-electron chi connectivity index (χ1n) is 12.5. The molecular formula is C30H31NO6S. The van der Waals surface area contributed by atoms with Gasteiger partial charge in [-0.25, -0.2) is 4.79 Å². The summed E-state index contributed by atoms with van der Waals surface area (Å²) in [5, 5.41) is 13.2. The maximum absolute atomic E-state index is 13.3. The number of ketones is 1. The van der Waals surface area contributed by atoms with Crippen LogP contribution in [0.2, 0.25) is 0 Å². The molecule has 0 bridgehead atoms. The molecule has 0 radical (unpaired) electrons. The monoisotopic (exact) mass is 533 g/mol. The van der Waals surface area contributed by atoms with Gasteiger partial charge in [0, 0.05) is 16.1 Å². The predicted octanol–water partition coefficient (Wildman–Crippen LogP) is 6.28. The number of thiophene rings is 1. The summed E-state index contributed by atoms with van der Waals surface area (Å²) in [5.41, 5.74) is 2.00. The number of aliphatic hydroxyl groups excluding tert-OH is 1. The third kappa shape index (κ3) is 5.50. The Balaban J connectivity index is 1.74. The van der Waals surface area contributed by atoms with Crippen molar-refractivity contribution in [1.82, 2.24) is 0 Å². The molecule has 1 aliphatic rings. The molecule has 4 rings (SSSR count). The van der Waals surface area contributed by atoms with Crippen LogP contribution >= 0.6 is 11.3 Å². The van der Waals surface area contributed by atoms with Gasteiger partial charge >= 0.3 is 5.97 Å². The van der Waals surface area contributed by atoms with Crippen LogP contribution in [-0.4, -0.2) is 35.5 Å². The predicted molar refractivity (Wildman–Crippen MR) is 148 cm³/mol. The van der Waals surface area contributed by atoms with E-state index in [1.165, 1.54) is 16.2 Å². The second kappa shape index (κ2) is 11.2. The van der Waals surface area contributed by atoms with E-state index >= 15 is 0 Å². The number of rotatable bonds is 8. The molecule has 1 fully saturated rings. The van der Waals surface area contributed by atoms with Gasteiger partial charge in [0.25, 0.3) is 11.7 Å². The van der Waals surface area contributed by atoms with Gasteiger partial charge in [-0.05, 0) is 86.2 Å². The lowest BCUT2D eigenvalue weighted by molar-refractivity contribution is -0.132. The maximum atomic E-state index is 13.3. The Labute approximate surface area is 226 Å². The molecule has 0 spiro atoms. The maximum Gasteiger partial charge on any atom is 0.338 e. The quantitative estimate of drug-likeness (QED) is 0.158. The molecule has 8 heteroatoms. The number of Topliss-reactive ketones (excluding diaryl/α,β-unsaturated/α-hetero) is 1. The molecule has 1 N–H and O–H groups in total. The van der Waals surface area contributed by atoms with Gasteiger partial charge in [-0.3, -0.25) is 14.5 Å². The van der Waals surface area contributed by atoms with Crippen LogP contribution in [-0.2, 0) is 14.3 Å². The molecule has 7 nitrogen and oxygen atoms in total. The molecule has 3 aromatic rings. The summed E-state index contributed by atoms with van der Waals surface area (Å²) in [6, 6.07) is 14.4. The molecule has 1 aliphatic heterocycles. The van der Waals surface area contributed by atoms with Gasteiger partial charge in [0.2, 0.25) is 0 Å². The summed E-state index contributed by atoms with van der Waals surface area (Å²) < 4.78 is 11.1. The summed E-state index contributed by atoms with van der Waals surface area (Å²) in [6.45, 7) is 9.92. The summed E-state index contributed by atoms with van der Waals surface area (Å²) in [5.74, 6) is -1.35. The zero-order valence-electron chi connectivity index (χ0n) is 22.1. The van der Waals surface area contributed by atoms with E-state index in [0.717, 1.165) is 10.4 Å². The number of hydrogen-bond acceptors (Lipinski definition) is 7. The number of aliphatic hydroxyl groups is 1. The number of nitrogens with zero attached hydrogens (tertiary/aromatic N) is 1. The highest BCUT2D eigenvalue weighted by atomic mass is 32.1. The van der Waals surface area contributed by atoms with E-state index in [0.29, 0.717) is 29.2 Å². The fourth-order valence-electron chi connectivity index (χ4n) is 4.24. The van der Waals surface area contributed by atoms with Crippen molar-refractivity contribution >= 4 is 40.4 Å². The average Bonchev–Trinajstić information content (AvgIpc) is 3.50. The van der Waals surface area contributed by atoms with Gasteiger partial charge in [0.1, 0.15) is 17.6 Å². The van der Waals surface area contributed by atoms with Crippen LogP contribution in [0.25, 0.3) is 5.76 Å². The molecule has 2 heterocycles. The lowest BCUT2D eigenvalue weighted by Crippen LogP contribution is -2.29. The molecule has 1 aromatic heterocycles. The van der Waals surface area contributed by atoms with E-state index < -0.39 is 23.7 Å². The van der Waals surface area contributed by atoms with Crippen molar-refractivity contribution in [2.75, 3.05) is 11.5 Å². The van der Waals surface area contributed by atoms with Crippen molar-refractivity contribution in [2.45, 2.75) is 46.8 Å². The Morgan fingerprint density at radius 3 is 2.29 bits per heavy atom. The van der Waals surface area contributed by atoms with E-state index in [4.69, 9.17) is 9.47 Å². The number of ether oxygens (including phenoxy) is 2. The van der Waals surface area contributed by atoms with Crippen molar-refractivity contribution in [3.05, 3.63) is 87.1 Å². The SMILES string of the molecule is Cc1cc(/C(O)=C2/C(=O)C(=O)N(c3ccc(C(=O)OCC(C)C)cc3)C2c2cccs2)ccc1OC(C)C. The largest absolute Gasteiger partial charge is 0.507 e. The number of hydrogen-bond donors (Lipinski definition) is 1. The van der Waals surface area contributed by atoms with Crippen LogP contribution in [0.5, 0.6) is 5.75 Å². The number of amides is 1. The van der Waals surface area contributed by atoms with Crippen LogP contribution in [0.4, 0.5) is 5.69 Å². The number of carbonyl (C=O) groups excluding carboxylic acids is 3. The lowest BCUT2D eigenvalue weighted by atomic mass is 9.98. The fourth-order valence-corrected chi connectivity index (χ4v) is 5.06. The minimum Gasteiger partial charge on any atom is -0.507 e. The van der Waals surface area contributed by atoms with Crippen LogP contribution in [0.15, 0.2) is 65.6 Å². The number of esters is 1. The molecule has 1 saturated heterocycles. The summed E-state index contributed by atoms with van der Waals surface area (Å²) in [7, 11) is 0. The Hall–Kier alpha value is -3.91. The van der Waals surface area contributed by atoms with Gasteiger partial charge in [0.05, 0.1) is 23.8 Å². The number of carbonyl (C=O) groups is 3. The van der Waals surface area contributed by atoms with E-state index in [9.17, 15) is 19.5 Å². The van der Waals surface area contributed by atoms with E-state index in [1.54, 1.807) is 42.5 Å². The van der Waals surface area contributed by atoms with Crippen molar-refractivity contribution in [2.24, 2.45) is 5.92 Å². The molecule has 198 valence electrons. The highest BCUT2D eigenvalue weighted by Gasteiger charge is 2.47. The van der Waals surface area contributed by atoms with E-state index in [2.05, 4.69) is 0 Å². The number of aryl methyl sites for hydroxylation is 1. The topological polar surface area (TPSA) is 93.1 Å². The van der Waals surface area contributed by atoms with Gasteiger partial charge in [-0.2, -0.15) is 0 Å². The first kappa shape index (κ1) is 27.1. The molecule has 0 aliphatic carbocycles. The molecule has 1 atom stereocenters. The molecule has 0 saturated carbocycles. The van der Waals surface area contributed by atoms with E-state index in [-0.39, 0.29) is 23.4 Å². The van der Waals surface area contributed by atoms with Crippen LogP contribution in [0.1, 0.15) is 60.1 Å². The average molecular weight is 534 g/mol. The molecule has 38 heavy (non-hydrogen) atoms. The Kier molecular flexibility index (Phi) is 8.02. The smallest absolute Gasteiger partial charge is 0.338 e. The van der Waals surface area contributed by atoms with Crippen LogP contribution < -0.4 is 9.64 Å². The Morgan fingerprint density at radius 2 is 1.71 bits per heavy atom. The van der Waals surface area contributed by atoms with Gasteiger partial charge in [-0.1, -0.05) is 19.9 Å². The summed E-state index contributed by atoms with van der Waals surface area (Å²) in [4.78, 5) is 41.1. The van der Waals surface area contributed by atoms with Crippen molar-refractivity contribution in [1.29, 1.82) is 0 Å². The lowest BCUT2D eigenvalue weighted by Gasteiger charge is -2.24. The summed E-state index contributed by atoms with van der Waals surface area (Å²) >= 11 is 1.38. The third-order valence-corrected chi connectivity index (χ3v) is 6.92. The second-order valence-electron chi connectivity index (χ2n) is 9.87. The number of anilines is 1. The first-order valence-corrected chi connectivity index (χ1v) is 13.4. The van der Waals surface area contributed by atoms with Crippen molar-refractivity contribution < 1.29 is 29.0 Å². The number of benzene rings is 2. The molecule has 1 unspecified atom stereocenters. The Bertz CT molecular complexity index is 1370. The van der Waals surface area contributed by atoms with Crippen LogP contribution in [0, 0.1) is 12.8 Å². The highest BCUT2D eigenvalue weighted by molar-refractivity contribution is 7.10. The molecule has 1 amide bonds. The van der Waals surface area contributed by atoms with Crippen LogP contribution in [0.3, 0.4) is 0 Å². The van der Waals surface area contributed by atoms with E-state index in [1.807, 2.05) is 52.1 Å².